The molecule has 24 heavy (non-hydrogen) atoms. The van der Waals surface area contributed by atoms with Crippen molar-refractivity contribution >= 4 is 21.5 Å². The highest BCUT2D eigenvalue weighted by molar-refractivity contribution is 5.90. The summed E-state index contributed by atoms with van der Waals surface area (Å²) < 4.78 is 0. The Bertz CT molecular complexity index is 905. The van der Waals surface area contributed by atoms with Crippen LogP contribution < -0.4 is 0 Å². The highest BCUT2D eigenvalue weighted by Crippen LogP contribution is 2.39. The Balaban J connectivity index is 2.01. The van der Waals surface area contributed by atoms with Gasteiger partial charge in [-0.25, -0.2) is 0 Å². The van der Waals surface area contributed by atoms with E-state index >= 15 is 0 Å². The molecule has 4 aromatic carbocycles. The lowest BCUT2D eigenvalue weighted by Gasteiger charge is -2.25. The van der Waals surface area contributed by atoms with Gasteiger partial charge < -0.3 is 0 Å². The lowest BCUT2D eigenvalue weighted by molar-refractivity contribution is 0.570. The van der Waals surface area contributed by atoms with E-state index in [2.05, 4.69) is 98.8 Å². The summed E-state index contributed by atoms with van der Waals surface area (Å²) in [4.78, 5) is 0. The van der Waals surface area contributed by atoms with E-state index in [1.54, 1.807) is 0 Å². The summed E-state index contributed by atoms with van der Waals surface area (Å²) in [6.07, 6.45) is 0. The van der Waals surface area contributed by atoms with Crippen molar-refractivity contribution in [3.05, 3.63) is 96.1 Å². The van der Waals surface area contributed by atoms with E-state index in [0.717, 1.165) is 0 Å². The van der Waals surface area contributed by atoms with Gasteiger partial charge in [-0.05, 0) is 38.6 Å². The topological polar surface area (TPSA) is 0 Å². The highest BCUT2D eigenvalue weighted by Gasteiger charge is 2.21. The van der Waals surface area contributed by atoms with Gasteiger partial charge in [0.05, 0.1) is 0 Å². The number of hydrogen-bond donors (Lipinski definition) is 0. The molecule has 0 atom stereocenters. The third kappa shape index (κ3) is 2.49. The Morgan fingerprint density at radius 1 is 0.500 bits per heavy atom. The van der Waals surface area contributed by atoms with Crippen LogP contribution in [-0.4, -0.2) is 0 Å². The van der Waals surface area contributed by atoms with Crippen LogP contribution in [0.5, 0.6) is 0 Å². The molecule has 0 heteroatoms. The van der Waals surface area contributed by atoms with Crippen LogP contribution >= 0.6 is 0 Å². The second-order valence-corrected chi connectivity index (χ2v) is 6.86. The van der Waals surface area contributed by atoms with E-state index in [1.165, 1.54) is 32.7 Å². The Kier molecular flexibility index (Phi) is 3.82. The molecule has 0 bridgehead atoms. The fourth-order valence-corrected chi connectivity index (χ4v) is 3.93. The molecule has 0 aliphatic rings. The lowest BCUT2D eigenvalue weighted by Crippen LogP contribution is -2.09. The molecule has 0 saturated heterocycles. The molecule has 0 spiro atoms. The standard InChI is InChI=1S/C24H22/c1-17(2)24(22-15-7-11-18-9-3-5-13-20(18)22)23-16-8-12-19-10-4-6-14-21(19)23/h3-17,24H,1-2H3. The van der Waals surface area contributed by atoms with Crippen LogP contribution in [-0.2, 0) is 0 Å². The summed E-state index contributed by atoms with van der Waals surface area (Å²) in [5.74, 6) is 0.920. The van der Waals surface area contributed by atoms with Crippen LogP contribution in [0.2, 0.25) is 0 Å². The maximum absolute atomic E-state index is 2.33. The van der Waals surface area contributed by atoms with E-state index in [1.807, 2.05) is 0 Å². The largest absolute Gasteiger partial charge is 0.0619 e. The van der Waals surface area contributed by atoms with E-state index in [0.29, 0.717) is 11.8 Å². The zero-order chi connectivity index (χ0) is 16.5. The average molecular weight is 310 g/mol. The summed E-state index contributed by atoms with van der Waals surface area (Å²) in [6, 6.07) is 30.9. The van der Waals surface area contributed by atoms with E-state index in [9.17, 15) is 0 Å². The second-order valence-electron chi connectivity index (χ2n) is 6.86. The van der Waals surface area contributed by atoms with Crippen molar-refractivity contribution in [1.29, 1.82) is 0 Å². The van der Waals surface area contributed by atoms with Gasteiger partial charge in [0.25, 0.3) is 0 Å². The molecule has 4 rings (SSSR count). The molecule has 0 heterocycles. The predicted octanol–water partition coefficient (Wildman–Crippen LogP) is 6.78. The SMILES string of the molecule is CC(C)C(c1cccc2ccccc12)c1cccc2ccccc12. The molecule has 0 N–H and O–H groups in total. The first-order valence-corrected chi connectivity index (χ1v) is 8.71. The lowest BCUT2D eigenvalue weighted by atomic mass is 9.79. The molecule has 4 aromatic rings. The molecule has 0 aromatic heterocycles. The van der Waals surface area contributed by atoms with Crippen molar-refractivity contribution in [3.8, 4) is 0 Å². The Labute approximate surface area is 143 Å². The average Bonchev–Trinajstić information content (AvgIpc) is 2.62. The van der Waals surface area contributed by atoms with Crippen LogP contribution in [0.15, 0.2) is 84.9 Å². The van der Waals surface area contributed by atoms with Crippen LogP contribution in [0.3, 0.4) is 0 Å². The molecular formula is C24H22. The third-order valence-corrected chi connectivity index (χ3v) is 4.98. The van der Waals surface area contributed by atoms with E-state index in [-0.39, 0.29) is 0 Å². The quantitative estimate of drug-likeness (QED) is 0.391. The summed E-state index contributed by atoms with van der Waals surface area (Å²) in [5, 5.41) is 5.38. The molecule has 0 unspecified atom stereocenters. The fourth-order valence-electron chi connectivity index (χ4n) is 3.93. The van der Waals surface area contributed by atoms with Gasteiger partial charge in [0.2, 0.25) is 0 Å². The maximum Gasteiger partial charge on any atom is 0.0125 e. The monoisotopic (exact) mass is 310 g/mol. The first-order valence-electron chi connectivity index (χ1n) is 8.71. The van der Waals surface area contributed by atoms with Crippen molar-refractivity contribution in [3.63, 3.8) is 0 Å². The van der Waals surface area contributed by atoms with Crippen molar-refractivity contribution < 1.29 is 0 Å². The first-order chi connectivity index (χ1) is 11.8. The molecule has 0 fully saturated rings. The van der Waals surface area contributed by atoms with Gasteiger partial charge in [-0.2, -0.15) is 0 Å². The summed E-state index contributed by atoms with van der Waals surface area (Å²) in [5.41, 5.74) is 2.86. The summed E-state index contributed by atoms with van der Waals surface area (Å²) >= 11 is 0. The maximum atomic E-state index is 2.33. The highest BCUT2D eigenvalue weighted by atomic mass is 14.2. The predicted molar refractivity (Wildman–Crippen MR) is 105 cm³/mol. The Hall–Kier alpha value is -2.60. The van der Waals surface area contributed by atoms with Gasteiger partial charge in [0.1, 0.15) is 0 Å². The van der Waals surface area contributed by atoms with Crippen molar-refractivity contribution in [2.75, 3.05) is 0 Å². The van der Waals surface area contributed by atoms with Gasteiger partial charge in [0, 0.05) is 5.92 Å². The minimum Gasteiger partial charge on any atom is -0.0619 e. The molecule has 0 saturated carbocycles. The molecule has 0 aliphatic heterocycles. The second kappa shape index (κ2) is 6.13. The third-order valence-electron chi connectivity index (χ3n) is 4.98. The first kappa shape index (κ1) is 15.0. The van der Waals surface area contributed by atoms with E-state index in [4.69, 9.17) is 0 Å². The van der Waals surface area contributed by atoms with Crippen LogP contribution in [0, 0.1) is 5.92 Å². The van der Waals surface area contributed by atoms with Gasteiger partial charge >= 0.3 is 0 Å². The van der Waals surface area contributed by atoms with Gasteiger partial charge in [-0.1, -0.05) is 98.8 Å². The normalized spacial score (nSPS) is 11.7. The minimum absolute atomic E-state index is 0.391. The Morgan fingerprint density at radius 3 is 1.38 bits per heavy atom. The summed E-state index contributed by atoms with van der Waals surface area (Å²) in [7, 11) is 0. The molecule has 0 radical (unpaired) electrons. The van der Waals surface area contributed by atoms with Crippen LogP contribution in [0.25, 0.3) is 21.5 Å². The van der Waals surface area contributed by atoms with Crippen molar-refractivity contribution in [2.24, 2.45) is 5.92 Å². The van der Waals surface area contributed by atoms with E-state index < -0.39 is 0 Å². The molecule has 0 nitrogen and oxygen atoms in total. The Morgan fingerprint density at radius 2 is 0.917 bits per heavy atom. The zero-order valence-electron chi connectivity index (χ0n) is 14.2. The molecule has 0 amide bonds. The van der Waals surface area contributed by atoms with Gasteiger partial charge in [-0.3, -0.25) is 0 Å². The number of rotatable bonds is 3. The number of fused-ring (bicyclic) bond motifs is 2. The minimum atomic E-state index is 0.391. The van der Waals surface area contributed by atoms with Crippen LogP contribution in [0.4, 0.5) is 0 Å². The van der Waals surface area contributed by atoms with Gasteiger partial charge in [-0.15, -0.1) is 0 Å². The summed E-state index contributed by atoms with van der Waals surface area (Å²) in [6.45, 7) is 4.66. The number of hydrogen-bond acceptors (Lipinski definition) is 0. The molecule has 118 valence electrons. The van der Waals surface area contributed by atoms with Gasteiger partial charge in [0.15, 0.2) is 0 Å². The molecular weight excluding hydrogens is 288 g/mol. The number of benzene rings is 4. The van der Waals surface area contributed by atoms with Crippen molar-refractivity contribution in [2.45, 2.75) is 19.8 Å². The smallest absolute Gasteiger partial charge is 0.0125 e. The zero-order valence-corrected chi connectivity index (χ0v) is 14.2. The fraction of sp³-hybridized carbons (Fsp3) is 0.167. The van der Waals surface area contributed by atoms with Crippen LogP contribution in [0.1, 0.15) is 30.9 Å². The van der Waals surface area contributed by atoms with Crippen molar-refractivity contribution in [1.82, 2.24) is 0 Å². The molecule has 0 aliphatic carbocycles.